The first-order valence-corrected chi connectivity index (χ1v) is 7.08. The molecule has 2 amide bonds. The molecule has 1 heterocycles. The molecule has 0 aliphatic heterocycles. The van der Waals surface area contributed by atoms with E-state index in [0.717, 1.165) is 11.1 Å². The molecule has 2 aromatic rings. The number of aromatic nitrogens is 2. The van der Waals surface area contributed by atoms with Crippen molar-refractivity contribution in [3.05, 3.63) is 47.8 Å². The van der Waals surface area contributed by atoms with Gasteiger partial charge in [-0.25, -0.2) is 0 Å². The third-order valence-electron chi connectivity index (χ3n) is 3.26. The van der Waals surface area contributed by atoms with Crippen molar-refractivity contribution in [3.8, 4) is 0 Å². The number of carbonyl (C=O) groups excluding carboxylic acids is 2. The quantitative estimate of drug-likeness (QED) is 0.828. The van der Waals surface area contributed by atoms with Gasteiger partial charge in [-0.05, 0) is 26.0 Å². The lowest BCUT2D eigenvalue weighted by atomic mass is 10.2. The maximum absolute atomic E-state index is 11.9. The zero-order chi connectivity index (χ0) is 16.1. The largest absolute Gasteiger partial charge is 0.349 e. The Morgan fingerprint density at radius 3 is 2.50 bits per heavy atom. The average Bonchev–Trinajstić information content (AvgIpc) is 2.88. The van der Waals surface area contributed by atoms with Crippen molar-refractivity contribution < 1.29 is 9.59 Å². The van der Waals surface area contributed by atoms with Gasteiger partial charge in [0, 0.05) is 24.5 Å². The summed E-state index contributed by atoms with van der Waals surface area (Å²) in [7, 11) is 1.81. The van der Waals surface area contributed by atoms with Crippen LogP contribution < -0.4 is 10.6 Å². The highest BCUT2D eigenvalue weighted by molar-refractivity contribution is 6.03. The van der Waals surface area contributed by atoms with Gasteiger partial charge in [0.15, 0.2) is 0 Å². The molecule has 1 atom stereocenters. The Balaban J connectivity index is 1.83. The van der Waals surface area contributed by atoms with Crippen LogP contribution in [0.5, 0.6) is 0 Å². The van der Waals surface area contributed by atoms with Crippen LogP contribution in [0.25, 0.3) is 0 Å². The Labute approximate surface area is 129 Å². The van der Waals surface area contributed by atoms with Crippen LogP contribution >= 0.6 is 0 Å². The van der Waals surface area contributed by atoms with Gasteiger partial charge in [0.05, 0.1) is 12.2 Å². The molecule has 0 saturated heterocycles. The molecule has 1 aromatic heterocycles. The first-order valence-electron chi connectivity index (χ1n) is 7.08. The van der Waals surface area contributed by atoms with Crippen molar-refractivity contribution in [2.24, 2.45) is 7.05 Å². The Hall–Kier alpha value is -2.63. The number of amides is 2. The fraction of sp³-hybridized carbons (Fsp3) is 0.312. The Morgan fingerprint density at radius 2 is 1.91 bits per heavy atom. The summed E-state index contributed by atoms with van der Waals surface area (Å²) in [5.74, 6) is -0.652. The normalized spacial score (nSPS) is 11.8. The van der Waals surface area contributed by atoms with E-state index in [9.17, 15) is 9.59 Å². The molecule has 6 heteroatoms. The molecule has 0 aliphatic carbocycles. The van der Waals surface area contributed by atoms with Crippen molar-refractivity contribution in [2.75, 3.05) is 5.32 Å². The minimum absolute atomic E-state index is 0.187. The van der Waals surface area contributed by atoms with Crippen LogP contribution in [-0.4, -0.2) is 21.6 Å². The Bertz CT molecular complexity index is 661. The number of hydrogen-bond donors (Lipinski definition) is 2. The summed E-state index contributed by atoms with van der Waals surface area (Å²) >= 11 is 0. The van der Waals surface area contributed by atoms with E-state index in [4.69, 9.17) is 0 Å². The van der Waals surface area contributed by atoms with Crippen molar-refractivity contribution in [1.82, 2.24) is 15.1 Å². The smallest absolute Gasteiger partial charge is 0.233 e. The molecular formula is C16H20N4O2. The van der Waals surface area contributed by atoms with Crippen molar-refractivity contribution in [2.45, 2.75) is 26.3 Å². The first-order chi connectivity index (χ1) is 10.4. The van der Waals surface area contributed by atoms with Crippen LogP contribution in [0.4, 0.5) is 5.69 Å². The van der Waals surface area contributed by atoms with E-state index >= 15 is 0 Å². The number of rotatable bonds is 5. The second-order valence-electron chi connectivity index (χ2n) is 5.33. The topological polar surface area (TPSA) is 76.0 Å². The number of aryl methyl sites for hydroxylation is 2. The van der Waals surface area contributed by atoms with Gasteiger partial charge in [-0.1, -0.05) is 17.7 Å². The summed E-state index contributed by atoms with van der Waals surface area (Å²) in [4.78, 5) is 23.7. The van der Waals surface area contributed by atoms with E-state index in [1.807, 2.05) is 51.4 Å². The SMILES string of the molecule is Cc1ccc(NC(=O)CC(=O)NC(C)c2cnn(C)c2)cc1. The molecule has 0 saturated carbocycles. The van der Waals surface area contributed by atoms with E-state index in [-0.39, 0.29) is 24.3 Å². The van der Waals surface area contributed by atoms with Gasteiger partial charge in [0.2, 0.25) is 11.8 Å². The molecule has 0 fully saturated rings. The number of hydrogen-bond acceptors (Lipinski definition) is 3. The predicted octanol–water partition coefficient (Wildman–Crippen LogP) is 1.93. The standard InChI is InChI=1S/C16H20N4O2/c1-11-4-6-14(7-5-11)19-16(22)8-15(21)18-12(2)13-9-17-20(3)10-13/h4-7,9-10,12H,8H2,1-3H3,(H,18,21)(H,19,22). The van der Waals surface area contributed by atoms with Crippen LogP contribution in [0.1, 0.15) is 30.5 Å². The van der Waals surface area contributed by atoms with Gasteiger partial charge >= 0.3 is 0 Å². The summed E-state index contributed by atoms with van der Waals surface area (Å²) in [6, 6.07) is 7.24. The second-order valence-corrected chi connectivity index (χ2v) is 5.33. The highest BCUT2D eigenvalue weighted by Crippen LogP contribution is 2.11. The van der Waals surface area contributed by atoms with Crippen LogP contribution in [0.3, 0.4) is 0 Å². The monoisotopic (exact) mass is 300 g/mol. The summed E-state index contributed by atoms with van der Waals surface area (Å²) < 4.78 is 1.67. The third-order valence-corrected chi connectivity index (χ3v) is 3.26. The Kier molecular flexibility index (Phi) is 4.93. The van der Waals surface area contributed by atoms with Gasteiger partial charge in [0.25, 0.3) is 0 Å². The lowest BCUT2D eigenvalue weighted by molar-refractivity contribution is -0.127. The van der Waals surface area contributed by atoms with Crippen LogP contribution in [0.2, 0.25) is 0 Å². The van der Waals surface area contributed by atoms with Gasteiger partial charge in [-0.15, -0.1) is 0 Å². The van der Waals surface area contributed by atoms with E-state index < -0.39 is 0 Å². The molecule has 2 rings (SSSR count). The number of carbonyl (C=O) groups is 2. The summed E-state index contributed by atoms with van der Waals surface area (Å²) in [6.45, 7) is 3.83. The maximum atomic E-state index is 11.9. The number of benzene rings is 1. The molecule has 0 spiro atoms. The molecule has 0 aliphatic rings. The van der Waals surface area contributed by atoms with Gasteiger partial charge in [0.1, 0.15) is 6.42 Å². The third kappa shape index (κ3) is 4.44. The molecular weight excluding hydrogens is 280 g/mol. The van der Waals surface area contributed by atoms with Crippen LogP contribution in [0.15, 0.2) is 36.7 Å². The van der Waals surface area contributed by atoms with Crippen molar-refractivity contribution in [3.63, 3.8) is 0 Å². The predicted molar refractivity (Wildman–Crippen MR) is 84.2 cm³/mol. The van der Waals surface area contributed by atoms with E-state index in [2.05, 4.69) is 15.7 Å². The van der Waals surface area contributed by atoms with Gasteiger partial charge in [-0.2, -0.15) is 5.10 Å². The summed E-state index contributed by atoms with van der Waals surface area (Å²) in [6.07, 6.45) is 3.31. The fourth-order valence-electron chi connectivity index (χ4n) is 2.03. The van der Waals surface area contributed by atoms with Gasteiger partial charge < -0.3 is 10.6 Å². The molecule has 22 heavy (non-hydrogen) atoms. The minimum Gasteiger partial charge on any atom is -0.349 e. The molecule has 116 valence electrons. The van der Waals surface area contributed by atoms with E-state index in [1.54, 1.807) is 10.9 Å². The summed E-state index contributed by atoms with van der Waals surface area (Å²) in [5, 5.41) is 9.54. The van der Waals surface area contributed by atoms with Crippen molar-refractivity contribution >= 4 is 17.5 Å². The fourth-order valence-corrected chi connectivity index (χ4v) is 2.03. The highest BCUT2D eigenvalue weighted by atomic mass is 16.2. The zero-order valence-corrected chi connectivity index (χ0v) is 13.0. The molecule has 2 N–H and O–H groups in total. The van der Waals surface area contributed by atoms with Crippen molar-refractivity contribution in [1.29, 1.82) is 0 Å². The number of nitrogens with one attached hydrogen (secondary N) is 2. The summed E-state index contributed by atoms with van der Waals surface area (Å²) in [5.41, 5.74) is 2.69. The minimum atomic E-state index is -0.334. The highest BCUT2D eigenvalue weighted by Gasteiger charge is 2.14. The zero-order valence-electron chi connectivity index (χ0n) is 13.0. The lowest BCUT2D eigenvalue weighted by Crippen LogP contribution is -2.30. The maximum Gasteiger partial charge on any atom is 0.233 e. The van der Waals surface area contributed by atoms with Crippen LogP contribution in [-0.2, 0) is 16.6 Å². The molecule has 1 aromatic carbocycles. The van der Waals surface area contributed by atoms with Gasteiger partial charge in [-0.3, -0.25) is 14.3 Å². The van der Waals surface area contributed by atoms with Crippen LogP contribution in [0, 0.1) is 6.92 Å². The number of anilines is 1. The lowest BCUT2D eigenvalue weighted by Gasteiger charge is -2.12. The molecule has 1 unspecified atom stereocenters. The first kappa shape index (κ1) is 15.8. The van der Waals surface area contributed by atoms with E-state index in [1.165, 1.54) is 0 Å². The average molecular weight is 300 g/mol. The molecule has 0 radical (unpaired) electrons. The number of nitrogens with zero attached hydrogens (tertiary/aromatic N) is 2. The second kappa shape index (κ2) is 6.89. The van der Waals surface area contributed by atoms with E-state index in [0.29, 0.717) is 5.69 Å². The molecule has 6 nitrogen and oxygen atoms in total. The Morgan fingerprint density at radius 1 is 1.23 bits per heavy atom. The molecule has 0 bridgehead atoms.